The number of benzene rings is 1. The van der Waals surface area contributed by atoms with Crippen molar-refractivity contribution in [2.24, 2.45) is 11.8 Å². The second-order valence-electron chi connectivity index (χ2n) is 6.21. The van der Waals surface area contributed by atoms with Crippen molar-refractivity contribution in [3.05, 3.63) is 46.0 Å². The Bertz CT molecular complexity index is 555. The normalized spacial score (nSPS) is 26.5. The maximum absolute atomic E-state index is 12.2. The van der Waals surface area contributed by atoms with Gasteiger partial charge < -0.3 is 10.0 Å². The number of nitro groups is 1. The van der Waals surface area contributed by atoms with Crippen molar-refractivity contribution in [2.45, 2.75) is 31.4 Å². The van der Waals surface area contributed by atoms with Gasteiger partial charge in [-0.3, -0.25) is 14.9 Å². The molecule has 1 heterocycles. The van der Waals surface area contributed by atoms with Crippen LogP contribution in [-0.4, -0.2) is 40.0 Å². The Labute approximate surface area is 128 Å². The van der Waals surface area contributed by atoms with Crippen LogP contribution in [0.4, 0.5) is 0 Å². The van der Waals surface area contributed by atoms with Gasteiger partial charge in [-0.25, -0.2) is 0 Å². The molecule has 0 bridgehead atoms. The highest BCUT2D eigenvalue weighted by Gasteiger charge is 2.54. The third-order valence-corrected chi connectivity index (χ3v) is 4.78. The number of carbonyl (C=O) groups is 1. The summed E-state index contributed by atoms with van der Waals surface area (Å²) < 4.78 is 0. The van der Waals surface area contributed by atoms with Crippen LogP contribution in [0.2, 0.25) is 0 Å². The van der Waals surface area contributed by atoms with Crippen LogP contribution in [0, 0.1) is 22.0 Å². The largest absolute Gasteiger partial charge is 0.388 e. The molecule has 2 fully saturated rings. The molecule has 2 aliphatic rings. The fourth-order valence-corrected chi connectivity index (χ4v) is 3.27. The van der Waals surface area contributed by atoms with E-state index in [1.54, 1.807) is 4.90 Å². The van der Waals surface area contributed by atoms with E-state index in [1.807, 2.05) is 30.3 Å². The lowest BCUT2D eigenvalue weighted by atomic mass is 9.87. The van der Waals surface area contributed by atoms with Gasteiger partial charge in [-0.15, -0.1) is 0 Å². The zero-order chi connectivity index (χ0) is 15.7. The number of aliphatic hydroxyl groups excluding tert-OH is 1. The smallest absolute Gasteiger partial charge is 0.232 e. The summed E-state index contributed by atoms with van der Waals surface area (Å²) in [5, 5.41) is 21.1. The van der Waals surface area contributed by atoms with Gasteiger partial charge in [0.1, 0.15) is 5.92 Å². The van der Waals surface area contributed by atoms with Gasteiger partial charge in [0.15, 0.2) is 0 Å². The molecule has 0 spiro atoms. The average molecular weight is 304 g/mol. The summed E-state index contributed by atoms with van der Waals surface area (Å²) in [6.07, 6.45) is 1.33. The number of rotatable bonds is 4. The lowest BCUT2D eigenvalue weighted by molar-refractivity contribution is -0.497. The van der Waals surface area contributed by atoms with E-state index >= 15 is 0 Å². The molecule has 3 rings (SSSR count). The SMILES string of the molecule is O=C(C1CC1[N+](=O)[O-])N1CCC(C(O)c2ccccc2)CC1. The summed E-state index contributed by atoms with van der Waals surface area (Å²) in [7, 11) is 0. The summed E-state index contributed by atoms with van der Waals surface area (Å²) in [4.78, 5) is 24.2. The molecule has 3 atom stereocenters. The number of nitrogens with zero attached hydrogens (tertiary/aromatic N) is 2. The Balaban J connectivity index is 1.52. The molecule has 118 valence electrons. The van der Waals surface area contributed by atoms with Crippen molar-refractivity contribution in [2.75, 3.05) is 13.1 Å². The Kier molecular flexibility index (Phi) is 4.11. The van der Waals surface area contributed by atoms with E-state index in [0.717, 1.165) is 18.4 Å². The molecule has 1 amide bonds. The Morgan fingerprint density at radius 2 is 1.91 bits per heavy atom. The van der Waals surface area contributed by atoms with Gasteiger partial charge in [0.2, 0.25) is 11.9 Å². The van der Waals surface area contributed by atoms with Gasteiger partial charge in [0.05, 0.1) is 6.10 Å². The monoisotopic (exact) mass is 304 g/mol. The predicted octanol–water partition coefficient (Wildman–Crippen LogP) is 1.62. The second kappa shape index (κ2) is 6.04. The molecule has 6 nitrogen and oxygen atoms in total. The van der Waals surface area contributed by atoms with E-state index < -0.39 is 18.1 Å². The predicted molar refractivity (Wildman–Crippen MR) is 79.6 cm³/mol. The summed E-state index contributed by atoms with van der Waals surface area (Å²) in [5.41, 5.74) is 0.905. The molecule has 1 aliphatic carbocycles. The summed E-state index contributed by atoms with van der Waals surface area (Å²) >= 11 is 0. The first-order chi connectivity index (χ1) is 10.6. The van der Waals surface area contributed by atoms with E-state index in [0.29, 0.717) is 19.5 Å². The van der Waals surface area contributed by atoms with Gasteiger partial charge in [-0.2, -0.15) is 0 Å². The van der Waals surface area contributed by atoms with Crippen molar-refractivity contribution < 1.29 is 14.8 Å². The van der Waals surface area contributed by atoms with E-state index in [2.05, 4.69) is 0 Å². The van der Waals surface area contributed by atoms with E-state index in [1.165, 1.54) is 0 Å². The van der Waals surface area contributed by atoms with Crippen molar-refractivity contribution in [1.82, 2.24) is 4.90 Å². The Morgan fingerprint density at radius 3 is 2.45 bits per heavy atom. The first-order valence-electron chi connectivity index (χ1n) is 7.73. The lowest BCUT2D eigenvalue weighted by Gasteiger charge is -2.34. The maximum atomic E-state index is 12.2. The standard InChI is InChI=1S/C16H20N2O4/c19-15(11-4-2-1-3-5-11)12-6-8-17(9-7-12)16(20)13-10-14(13)18(21)22/h1-5,12-15,19H,6-10H2. The van der Waals surface area contributed by atoms with Gasteiger partial charge in [-0.05, 0) is 24.3 Å². The number of hydrogen-bond acceptors (Lipinski definition) is 4. The zero-order valence-corrected chi connectivity index (χ0v) is 12.3. The summed E-state index contributed by atoms with van der Waals surface area (Å²) in [5.74, 6) is -0.378. The van der Waals surface area contributed by atoms with E-state index in [9.17, 15) is 20.0 Å². The number of aliphatic hydroxyl groups is 1. The maximum Gasteiger partial charge on any atom is 0.232 e. The zero-order valence-electron chi connectivity index (χ0n) is 12.3. The molecular weight excluding hydrogens is 284 g/mol. The van der Waals surface area contributed by atoms with Crippen LogP contribution in [-0.2, 0) is 4.79 Å². The minimum absolute atomic E-state index is 0.0886. The molecule has 1 aromatic carbocycles. The van der Waals surface area contributed by atoms with Crippen LogP contribution < -0.4 is 0 Å². The van der Waals surface area contributed by atoms with Gasteiger partial charge in [0.25, 0.3) is 0 Å². The van der Waals surface area contributed by atoms with E-state index in [-0.39, 0.29) is 16.7 Å². The summed E-state index contributed by atoms with van der Waals surface area (Å²) in [6.45, 7) is 1.16. The summed E-state index contributed by atoms with van der Waals surface area (Å²) in [6, 6.07) is 8.87. The van der Waals surface area contributed by atoms with Gasteiger partial charge in [-0.1, -0.05) is 30.3 Å². The number of likely N-dealkylation sites (tertiary alicyclic amines) is 1. The molecular formula is C16H20N2O4. The highest BCUT2D eigenvalue weighted by atomic mass is 16.6. The molecule has 1 N–H and O–H groups in total. The van der Waals surface area contributed by atoms with Crippen LogP contribution in [0.1, 0.15) is 30.9 Å². The average Bonchev–Trinajstić information content (AvgIpc) is 3.35. The number of hydrogen-bond donors (Lipinski definition) is 1. The van der Waals surface area contributed by atoms with Crippen molar-refractivity contribution >= 4 is 5.91 Å². The molecule has 1 aliphatic heterocycles. The third-order valence-electron chi connectivity index (χ3n) is 4.78. The van der Waals surface area contributed by atoms with Crippen LogP contribution in [0.3, 0.4) is 0 Å². The van der Waals surface area contributed by atoms with Gasteiger partial charge >= 0.3 is 0 Å². The van der Waals surface area contributed by atoms with Crippen LogP contribution in [0.15, 0.2) is 30.3 Å². The number of carbonyl (C=O) groups excluding carboxylic acids is 1. The molecule has 3 unspecified atom stereocenters. The molecule has 6 heteroatoms. The third kappa shape index (κ3) is 2.97. The van der Waals surface area contributed by atoms with Crippen LogP contribution in [0.5, 0.6) is 0 Å². The van der Waals surface area contributed by atoms with Crippen molar-refractivity contribution in [1.29, 1.82) is 0 Å². The van der Waals surface area contributed by atoms with E-state index in [4.69, 9.17) is 0 Å². The Morgan fingerprint density at radius 1 is 1.27 bits per heavy atom. The topological polar surface area (TPSA) is 83.7 Å². The molecule has 0 aromatic heterocycles. The molecule has 22 heavy (non-hydrogen) atoms. The quantitative estimate of drug-likeness (QED) is 0.677. The van der Waals surface area contributed by atoms with Crippen LogP contribution >= 0.6 is 0 Å². The minimum Gasteiger partial charge on any atom is -0.388 e. The highest BCUT2D eigenvalue weighted by Crippen LogP contribution is 2.37. The highest BCUT2D eigenvalue weighted by molar-refractivity contribution is 5.82. The van der Waals surface area contributed by atoms with Crippen molar-refractivity contribution in [3.63, 3.8) is 0 Å². The van der Waals surface area contributed by atoms with Crippen LogP contribution in [0.25, 0.3) is 0 Å². The van der Waals surface area contributed by atoms with Gasteiger partial charge in [0, 0.05) is 24.4 Å². The fraction of sp³-hybridized carbons (Fsp3) is 0.562. The Hall–Kier alpha value is -1.95. The first-order valence-corrected chi connectivity index (χ1v) is 7.73. The molecule has 1 saturated carbocycles. The molecule has 0 radical (unpaired) electrons. The number of amides is 1. The fourth-order valence-electron chi connectivity index (χ4n) is 3.27. The second-order valence-corrected chi connectivity index (χ2v) is 6.21. The van der Waals surface area contributed by atoms with Crippen molar-refractivity contribution in [3.8, 4) is 0 Å². The lowest BCUT2D eigenvalue weighted by Crippen LogP contribution is -2.41. The minimum atomic E-state index is -0.680. The molecule has 1 aromatic rings. The first kappa shape index (κ1) is 15.0. The number of piperidine rings is 1. The molecule has 1 saturated heterocycles.